The smallest absolute Gasteiger partial charge is 0.255 e. The first kappa shape index (κ1) is 19.7. The van der Waals surface area contributed by atoms with Crippen molar-refractivity contribution in [2.75, 3.05) is 13.1 Å². The number of imide groups is 1. The Balaban J connectivity index is 1.17. The molecule has 1 saturated carbocycles. The summed E-state index contributed by atoms with van der Waals surface area (Å²) in [5.74, 6) is -0.726. The predicted octanol–water partition coefficient (Wildman–Crippen LogP) is 1.46. The zero-order valence-electron chi connectivity index (χ0n) is 17.3. The molecule has 5 aliphatic rings. The van der Waals surface area contributed by atoms with Crippen molar-refractivity contribution in [1.82, 2.24) is 20.9 Å². The lowest BCUT2D eigenvalue weighted by atomic mass is 9.67. The Hall–Kier alpha value is -2.25. The van der Waals surface area contributed by atoms with Gasteiger partial charge in [-0.05, 0) is 67.7 Å². The molecule has 7 nitrogen and oxygen atoms in total. The van der Waals surface area contributed by atoms with E-state index in [0.29, 0.717) is 23.9 Å². The lowest BCUT2D eigenvalue weighted by Gasteiger charge is -2.47. The number of nitrogens with one attached hydrogen (secondary N) is 3. The van der Waals surface area contributed by atoms with E-state index in [0.717, 1.165) is 36.8 Å². The molecule has 160 valence electrons. The van der Waals surface area contributed by atoms with E-state index < -0.39 is 6.04 Å². The standard InChI is InChI=1S/C23H30N4O3/c28-20-4-3-19(21(29)26-20)27-13-16-2-1-15(11-18(16)22(27)30)12-24-10-9-23-7-5-17(6-8-23)25-14-23/h1-2,11,17,19,24-25H,3-10,12-14H2,(H,26,28,29). The predicted molar refractivity (Wildman–Crippen MR) is 112 cm³/mol. The monoisotopic (exact) mass is 410 g/mol. The average Bonchev–Trinajstić information content (AvgIpc) is 3.08. The first-order valence-corrected chi connectivity index (χ1v) is 11.2. The van der Waals surface area contributed by atoms with Crippen LogP contribution < -0.4 is 16.0 Å². The van der Waals surface area contributed by atoms with Gasteiger partial charge < -0.3 is 15.5 Å². The summed E-state index contributed by atoms with van der Waals surface area (Å²) in [7, 11) is 0. The minimum Gasteiger partial charge on any atom is -0.322 e. The van der Waals surface area contributed by atoms with Crippen LogP contribution >= 0.6 is 0 Å². The molecule has 4 aliphatic heterocycles. The lowest BCUT2D eigenvalue weighted by molar-refractivity contribution is -0.136. The largest absolute Gasteiger partial charge is 0.322 e. The van der Waals surface area contributed by atoms with Gasteiger partial charge in [-0.1, -0.05) is 12.1 Å². The summed E-state index contributed by atoms with van der Waals surface area (Å²) in [5.41, 5.74) is 3.21. The van der Waals surface area contributed by atoms with E-state index in [2.05, 4.69) is 22.0 Å². The second kappa shape index (κ2) is 7.78. The lowest BCUT2D eigenvalue weighted by Crippen LogP contribution is -2.52. The van der Waals surface area contributed by atoms with Crippen molar-refractivity contribution in [3.63, 3.8) is 0 Å². The number of rotatable bonds is 6. The fraction of sp³-hybridized carbons (Fsp3) is 0.609. The molecule has 3 saturated heterocycles. The van der Waals surface area contributed by atoms with Crippen LogP contribution in [-0.4, -0.2) is 47.8 Å². The quantitative estimate of drug-likeness (QED) is 0.488. The van der Waals surface area contributed by atoms with Crippen molar-refractivity contribution < 1.29 is 14.4 Å². The molecule has 1 aromatic carbocycles. The van der Waals surface area contributed by atoms with Crippen molar-refractivity contribution in [2.45, 2.75) is 70.1 Å². The molecule has 7 heteroatoms. The van der Waals surface area contributed by atoms with Crippen LogP contribution in [0, 0.1) is 5.41 Å². The molecular formula is C23H30N4O3. The molecule has 0 spiro atoms. The van der Waals surface area contributed by atoms with Gasteiger partial charge in [0.25, 0.3) is 5.91 Å². The Labute approximate surface area is 177 Å². The second-order valence-corrected chi connectivity index (χ2v) is 9.47. The third-order valence-electron chi connectivity index (χ3n) is 7.57. The summed E-state index contributed by atoms with van der Waals surface area (Å²) in [6, 6.07) is 6.23. The maximum Gasteiger partial charge on any atom is 0.255 e. The van der Waals surface area contributed by atoms with Crippen molar-refractivity contribution in [3.05, 3.63) is 34.9 Å². The molecule has 1 aromatic rings. The van der Waals surface area contributed by atoms with Gasteiger partial charge in [0.2, 0.25) is 11.8 Å². The van der Waals surface area contributed by atoms with Crippen LogP contribution in [0.1, 0.15) is 66.4 Å². The third-order valence-corrected chi connectivity index (χ3v) is 7.57. The first-order valence-electron chi connectivity index (χ1n) is 11.2. The SMILES string of the molecule is O=C1CCC(N2Cc3ccc(CNCCC45CCC(CC4)NC5)cc3C2=O)C(=O)N1. The summed E-state index contributed by atoms with van der Waals surface area (Å²) < 4.78 is 0. The van der Waals surface area contributed by atoms with Gasteiger partial charge in [0.1, 0.15) is 6.04 Å². The molecule has 30 heavy (non-hydrogen) atoms. The average molecular weight is 411 g/mol. The number of carbonyl (C=O) groups is 3. The summed E-state index contributed by atoms with van der Waals surface area (Å²) in [6.45, 7) is 3.32. The third kappa shape index (κ3) is 3.65. The number of carbonyl (C=O) groups excluding carboxylic acids is 3. The van der Waals surface area contributed by atoms with Crippen molar-refractivity contribution in [1.29, 1.82) is 0 Å². The van der Waals surface area contributed by atoms with E-state index >= 15 is 0 Å². The summed E-state index contributed by atoms with van der Waals surface area (Å²) in [4.78, 5) is 38.1. The minimum absolute atomic E-state index is 0.106. The maximum atomic E-state index is 12.9. The molecule has 3 amide bonds. The van der Waals surface area contributed by atoms with Gasteiger partial charge in [0, 0.05) is 37.7 Å². The Morgan fingerprint density at radius 1 is 1.13 bits per heavy atom. The van der Waals surface area contributed by atoms with Gasteiger partial charge in [-0.15, -0.1) is 0 Å². The molecule has 0 aromatic heterocycles. The fourth-order valence-electron chi connectivity index (χ4n) is 5.61. The van der Waals surface area contributed by atoms with Crippen LogP contribution in [0.25, 0.3) is 0 Å². The second-order valence-electron chi connectivity index (χ2n) is 9.47. The molecule has 1 unspecified atom stereocenters. The Morgan fingerprint density at radius 2 is 1.97 bits per heavy atom. The normalized spacial score (nSPS) is 30.5. The molecule has 1 aliphatic carbocycles. The number of benzene rings is 1. The topological polar surface area (TPSA) is 90.5 Å². The van der Waals surface area contributed by atoms with Gasteiger partial charge in [-0.3, -0.25) is 19.7 Å². The van der Waals surface area contributed by atoms with Gasteiger partial charge in [-0.25, -0.2) is 0 Å². The molecule has 4 heterocycles. The molecule has 6 rings (SSSR count). The zero-order valence-corrected chi connectivity index (χ0v) is 17.3. The van der Waals surface area contributed by atoms with Crippen LogP contribution in [0.4, 0.5) is 0 Å². The van der Waals surface area contributed by atoms with Crippen LogP contribution in [0.2, 0.25) is 0 Å². The van der Waals surface area contributed by atoms with E-state index in [-0.39, 0.29) is 24.1 Å². The number of hydrogen-bond donors (Lipinski definition) is 3. The first-order chi connectivity index (χ1) is 14.5. The molecular weight excluding hydrogens is 380 g/mol. The molecule has 3 N–H and O–H groups in total. The van der Waals surface area contributed by atoms with E-state index in [1.807, 2.05) is 12.1 Å². The Kier molecular flexibility index (Phi) is 5.11. The highest BCUT2D eigenvalue weighted by Gasteiger charge is 2.40. The molecule has 1 atom stereocenters. The van der Waals surface area contributed by atoms with Crippen LogP contribution in [0.5, 0.6) is 0 Å². The van der Waals surface area contributed by atoms with Crippen LogP contribution in [-0.2, 0) is 22.7 Å². The fourth-order valence-corrected chi connectivity index (χ4v) is 5.61. The zero-order chi connectivity index (χ0) is 20.7. The van der Waals surface area contributed by atoms with Crippen molar-refractivity contribution in [3.8, 4) is 0 Å². The highest BCUT2D eigenvalue weighted by molar-refractivity contribution is 6.05. The Bertz CT molecular complexity index is 861. The molecule has 4 fully saturated rings. The van der Waals surface area contributed by atoms with Gasteiger partial charge in [0.05, 0.1) is 0 Å². The van der Waals surface area contributed by atoms with E-state index in [1.54, 1.807) is 4.90 Å². The van der Waals surface area contributed by atoms with Crippen LogP contribution in [0.15, 0.2) is 18.2 Å². The number of hydrogen-bond acceptors (Lipinski definition) is 5. The number of nitrogens with zero attached hydrogens (tertiary/aromatic N) is 1. The van der Waals surface area contributed by atoms with Gasteiger partial charge in [-0.2, -0.15) is 0 Å². The van der Waals surface area contributed by atoms with Crippen LogP contribution in [0.3, 0.4) is 0 Å². The van der Waals surface area contributed by atoms with Gasteiger partial charge >= 0.3 is 0 Å². The van der Waals surface area contributed by atoms with E-state index in [9.17, 15) is 14.4 Å². The highest BCUT2D eigenvalue weighted by atomic mass is 16.2. The number of fused-ring (bicyclic) bond motifs is 4. The summed E-state index contributed by atoms with van der Waals surface area (Å²) in [6.07, 6.45) is 7.19. The van der Waals surface area contributed by atoms with Crippen molar-refractivity contribution in [2.24, 2.45) is 5.41 Å². The Morgan fingerprint density at radius 3 is 2.70 bits per heavy atom. The minimum atomic E-state index is -0.553. The van der Waals surface area contributed by atoms with Crippen molar-refractivity contribution >= 4 is 17.7 Å². The summed E-state index contributed by atoms with van der Waals surface area (Å²) >= 11 is 0. The van der Waals surface area contributed by atoms with E-state index in [1.165, 1.54) is 32.1 Å². The molecule has 0 radical (unpaired) electrons. The number of amides is 3. The number of piperidine rings is 3. The maximum absolute atomic E-state index is 12.9. The van der Waals surface area contributed by atoms with E-state index in [4.69, 9.17) is 0 Å². The summed E-state index contributed by atoms with van der Waals surface area (Å²) in [5, 5.41) is 9.59. The molecule has 2 bridgehead atoms. The highest BCUT2D eigenvalue weighted by Crippen LogP contribution is 2.42. The van der Waals surface area contributed by atoms with Gasteiger partial charge in [0.15, 0.2) is 0 Å².